The molecule has 336 valence electrons. The number of nitrogens with zero attached hydrogens (tertiary/aromatic N) is 1. The van der Waals surface area contributed by atoms with Crippen molar-refractivity contribution < 1.29 is 0 Å². The van der Waals surface area contributed by atoms with E-state index in [2.05, 4.69) is 240 Å². The van der Waals surface area contributed by atoms with E-state index < -0.39 is 0 Å². The molecule has 0 saturated carbocycles. The Morgan fingerprint density at radius 1 is 0.500 bits per heavy atom. The Labute approximate surface area is 415 Å². The number of thiophene rings is 1. The van der Waals surface area contributed by atoms with Crippen molar-refractivity contribution in [2.45, 2.75) is 64.7 Å². The summed E-state index contributed by atoms with van der Waals surface area (Å²) in [7, 11) is 0.820. The van der Waals surface area contributed by atoms with E-state index in [4.69, 9.17) is 0 Å². The molecular formula is C66H53BN2S. The SMILES string of the molecule is CC(C)(C)c1ccc(Nc2cc3c(cc2-c2ccc4c5cc6c(cc5n5c4c2Bc2cc4sc(-c7ccccc7)c(-c7ccccc7)c4cc2-5)-c2ccccc2C6(C)C)-c2ccccc2C3(C)C)cc1. The predicted octanol–water partition coefficient (Wildman–Crippen LogP) is 16.4. The summed E-state index contributed by atoms with van der Waals surface area (Å²) in [5, 5.41) is 7.96. The molecule has 1 aliphatic heterocycles. The van der Waals surface area contributed by atoms with Crippen molar-refractivity contribution in [3.63, 3.8) is 0 Å². The van der Waals surface area contributed by atoms with Crippen LogP contribution in [0.1, 0.15) is 76.3 Å². The smallest absolute Gasteiger partial charge is 0.198 e. The normalized spacial score (nSPS) is 14.6. The molecule has 14 rings (SSSR count). The number of nitrogens with one attached hydrogen (secondary N) is 1. The molecule has 0 saturated heterocycles. The summed E-state index contributed by atoms with van der Waals surface area (Å²) in [5.74, 6) is 0. The fraction of sp³-hybridized carbons (Fsp3) is 0.152. The lowest BCUT2D eigenvalue weighted by molar-refractivity contribution is 0.590. The zero-order valence-corrected chi connectivity index (χ0v) is 41.7. The first-order valence-corrected chi connectivity index (χ1v) is 25.8. The van der Waals surface area contributed by atoms with Gasteiger partial charge in [-0.2, -0.15) is 0 Å². The molecule has 3 heterocycles. The molecule has 3 aliphatic rings. The number of hydrogen-bond donors (Lipinski definition) is 1. The molecule has 0 spiro atoms. The van der Waals surface area contributed by atoms with Crippen LogP contribution in [0.3, 0.4) is 0 Å². The van der Waals surface area contributed by atoms with Crippen molar-refractivity contribution in [1.29, 1.82) is 0 Å². The highest BCUT2D eigenvalue weighted by Crippen LogP contribution is 2.54. The highest BCUT2D eigenvalue weighted by molar-refractivity contribution is 7.23. The minimum Gasteiger partial charge on any atom is -0.355 e. The molecule has 0 radical (unpaired) electrons. The van der Waals surface area contributed by atoms with Gasteiger partial charge in [0.25, 0.3) is 0 Å². The third-order valence-corrected chi connectivity index (χ3v) is 17.6. The number of aromatic nitrogens is 1. The van der Waals surface area contributed by atoms with E-state index in [0.29, 0.717) is 0 Å². The fourth-order valence-electron chi connectivity index (χ4n) is 12.7. The van der Waals surface area contributed by atoms with Crippen LogP contribution in [-0.4, -0.2) is 11.8 Å². The quantitative estimate of drug-likeness (QED) is 0.170. The largest absolute Gasteiger partial charge is 0.355 e. The number of anilines is 2. The van der Waals surface area contributed by atoms with Gasteiger partial charge in [0.2, 0.25) is 0 Å². The van der Waals surface area contributed by atoms with Crippen molar-refractivity contribution >= 4 is 72.8 Å². The molecule has 0 amide bonds. The predicted molar refractivity (Wildman–Crippen MR) is 302 cm³/mol. The molecule has 11 aromatic rings. The Hall–Kier alpha value is -7.40. The zero-order chi connectivity index (χ0) is 47.4. The first kappa shape index (κ1) is 41.6. The molecule has 0 fully saturated rings. The highest BCUT2D eigenvalue weighted by Gasteiger charge is 2.39. The Balaban J connectivity index is 1.07. The van der Waals surface area contributed by atoms with Crippen LogP contribution in [0, 0.1) is 0 Å². The van der Waals surface area contributed by atoms with Crippen LogP contribution < -0.4 is 16.2 Å². The maximum Gasteiger partial charge on any atom is 0.198 e. The van der Waals surface area contributed by atoms with Crippen molar-refractivity contribution in [3.05, 3.63) is 210 Å². The highest BCUT2D eigenvalue weighted by atomic mass is 32.1. The Kier molecular flexibility index (Phi) is 8.65. The van der Waals surface area contributed by atoms with Crippen LogP contribution in [0.25, 0.3) is 92.5 Å². The van der Waals surface area contributed by atoms with Crippen LogP contribution in [0.4, 0.5) is 11.4 Å². The molecule has 9 aromatic carbocycles. The lowest BCUT2D eigenvalue weighted by Crippen LogP contribution is -2.37. The van der Waals surface area contributed by atoms with E-state index in [1.807, 2.05) is 11.3 Å². The summed E-state index contributed by atoms with van der Waals surface area (Å²) in [4.78, 5) is 1.31. The summed E-state index contributed by atoms with van der Waals surface area (Å²) in [6.07, 6.45) is 0. The number of rotatable bonds is 5. The van der Waals surface area contributed by atoms with Gasteiger partial charge in [0.05, 0.1) is 5.52 Å². The van der Waals surface area contributed by atoms with E-state index in [1.54, 1.807) is 0 Å². The van der Waals surface area contributed by atoms with Crippen LogP contribution in [0.15, 0.2) is 182 Å². The molecule has 0 unspecified atom stereocenters. The third kappa shape index (κ3) is 5.86. The summed E-state index contributed by atoms with van der Waals surface area (Å²) in [5.41, 5.74) is 27.2. The minimum atomic E-state index is -0.142. The second-order valence-electron chi connectivity index (χ2n) is 22.2. The van der Waals surface area contributed by atoms with Gasteiger partial charge < -0.3 is 9.88 Å². The summed E-state index contributed by atoms with van der Waals surface area (Å²) in [6.45, 7) is 16.4. The van der Waals surface area contributed by atoms with Crippen LogP contribution >= 0.6 is 11.3 Å². The maximum absolute atomic E-state index is 4.03. The topological polar surface area (TPSA) is 17.0 Å². The first-order chi connectivity index (χ1) is 33.8. The number of hydrogen-bond acceptors (Lipinski definition) is 2. The molecule has 70 heavy (non-hydrogen) atoms. The number of benzene rings is 9. The average Bonchev–Trinajstić information content (AvgIpc) is 4.04. The zero-order valence-electron chi connectivity index (χ0n) is 40.9. The lowest BCUT2D eigenvalue weighted by atomic mass is 9.59. The Bertz CT molecular complexity index is 4010. The Morgan fingerprint density at radius 2 is 1.11 bits per heavy atom. The van der Waals surface area contributed by atoms with E-state index in [-0.39, 0.29) is 16.2 Å². The second-order valence-corrected chi connectivity index (χ2v) is 23.2. The Morgan fingerprint density at radius 3 is 1.79 bits per heavy atom. The average molecular weight is 917 g/mol. The summed E-state index contributed by atoms with van der Waals surface area (Å²) < 4.78 is 3.98. The fourth-order valence-corrected chi connectivity index (χ4v) is 14.0. The monoisotopic (exact) mass is 916 g/mol. The van der Waals surface area contributed by atoms with Gasteiger partial charge in [-0.05, 0) is 126 Å². The molecule has 0 bridgehead atoms. The molecule has 2 nitrogen and oxygen atoms in total. The van der Waals surface area contributed by atoms with Crippen LogP contribution in [0.5, 0.6) is 0 Å². The third-order valence-electron chi connectivity index (χ3n) is 16.4. The van der Waals surface area contributed by atoms with E-state index in [1.165, 1.54) is 131 Å². The van der Waals surface area contributed by atoms with E-state index in [9.17, 15) is 0 Å². The van der Waals surface area contributed by atoms with Gasteiger partial charge >= 0.3 is 0 Å². The van der Waals surface area contributed by atoms with E-state index in [0.717, 1.165) is 18.7 Å². The summed E-state index contributed by atoms with van der Waals surface area (Å²) in [6, 6.07) is 69.3. The van der Waals surface area contributed by atoms with Gasteiger partial charge in [-0.1, -0.05) is 187 Å². The van der Waals surface area contributed by atoms with Crippen molar-refractivity contribution in [3.8, 4) is 60.6 Å². The summed E-state index contributed by atoms with van der Waals surface area (Å²) >= 11 is 1.93. The molecule has 2 aromatic heterocycles. The molecule has 0 atom stereocenters. The molecular weight excluding hydrogens is 864 g/mol. The minimum absolute atomic E-state index is 0.0695. The van der Waals surface area contributed by atoms with Gasteiger partial charge in [-0.25, -0.2) is 0 Å². The first-order valence-electron chi connectivity index (χ1n) is 25.0. The van der Waals surface area contributed by atoms with Crippen LogP contribution in [-0.2, 0) is 16.2 Å². The van der Waals surface area contributed by atoms with Gasteiger partial charge in [0.1, 0.15) is 0 Å². The maximum atomic E-state index is 4.03. The second kappa shape index (κ2) is 14.6. The van der Waals surface area contributed by atoms with Gasteiger partial charge in [0, 0.05) is 70.3 Å². The molecule has 4 heteroatoms. The van der Waals surface area contributed by atoms with Crippen molar-refractivity contribution in [2.75, 3.05) is 5.32 Å². The molecule has 2 aliphatic carbocycles. The molecule has 1 N–H and O–H groups in total. The van der Waals surface area contributed by atoms with Gasteiger partial charge in [0.15, 0.2) is 7.28 Å². The lowest BCUT2D eigenvalue weighted by Gasteiger charge is -2.26. The van der Waals surface area contributed by atoms with Crippen molar-refractivity contribution in [2.24, 2.45) is 0 Å². The van der Waals surface area contributed by atoms with Crippen molar-refractivity contribution in [1.82, 2.24) is 4.57 Å². The van der Waals surface area contributed by atoms with E-state index >= 15 is 0 Å². The van der Waals surface area contributed by atoms with Gasteiger partial charge in [-0.3, -0.25) is 0 Å². The standard InChI is InChI=1S/C66H53BN2S/c1-64(2,3)40-26-28-41(29-27-40)68-56-36-54-46(42-22-14-16-24-51(42)66(54,6)7)32-48(56)44-30-31-45-49-33-53-47(43-23-15-17-25-52(43)65(53,4)5)34-57(49)69-58-35-50-59(37-55(58)67-61(44)62(45)69)70-63(39-20-12-9-13-21-39)60(50)38-18-10-8-11-19-38/h8-37,67-68H,1-7H3. The van der Waals surface area contributed by atoms with Crippen LogP contribution in [0.2, 0.25) is 0 Å². The van der Waals surface area contributed by atoms with Gasteiger partial charge in [-0.15, -0.1) is 11.3 Å². The number of fused-ring (bicyclic) bond motifs is 12.